The first kappa shape index (κ1) is 17.3. The zero-order chi connectivity index (χ0) is 14.4. The Morgan fingerprint density at radius 1 is 1.47 bits per heavy atom. The second-order valence-electron chi connectivity index (χ2n) is 4.60. The van der Waals surface area contributed by atoms with E-state index in [9.17, 15) is 0 Å². The Morgan fingerprint density at radius 2 is 2.16 bits per heavy atom. The standard InChI is InChI=1S/C14H22BrClN2S/c1-4-11(9-19-3)18(2)14(8-17)12-6-5-10(16)7-13(12)15/h5-7,11,14H,4,8-9,17H2,1-3H3. The lowest BCUT2D eigenvalue weighted by atomic mass is 10.0. The van der Waals surface area contributed by atoms with Crippen LogP contribution in [-0.4, -0.2) is 36.5 Å². The fourth-order valence-electron chi connectivity index (χ4n) is 2.25. The van der Waals surface area contributed by atoms with Crippen molar-refractivity contribution in [2.45, 2.75) is 25.4 Å². The molecule has 1 aromatic carbocycles. The monoisotopic (exact) mass is 364 g/mol. The molecule has 0 fully saturated rings. The maximum atomic E-state index is 6.01. The summed E-state index contributed by atoms with van der Waals surface area (Å²) in [5.41, 5.74) is 7.20. The SMILES string of the molecule is CCC(CSC)N(C)C(CN)c1ccc(Cl)cc1Br. The van der Waals surface area contributed by atoms with Crippen molar-refractivity contribution in [1.29, 1.82) is 0 Å². The maximum absolute atomic E-state index is 6.01. The van der Waals surface area contributed by atoms with Crippen LogP contribution < -0.4 is 5.73 Å². The Labute approximate surface area is 134 Å². The van der Waals surface area contributed by atoms with Crippen molar-refractivity contribution in [3.8, 4) is 0 Å². The van der Waals surface area contributed by atoms with E-state index in [1.165, 1.54) is 5.56 Å². The normalized spacial score (nSPS) is 14.7. The van der Waals surface area contributed by atoms with E-state index in [0.29, 0.717) is 12.6 Å². The fourth-order valence-corrected chi connectivity index (χ4v) is 4.06. The maximum Gasteiger partial charge on any atom is 0.0481 e. The van der Waals surface area contributed by atoms with Gasteiger partial charge in [0.15, 0.2) is 0 Å². The quantitative estimate of drug-likeness (QED) is 0.786. The second kappa shape index (κ2) is 8.53. The van der Waals surface area contributed by atoms with E-state index in [2.05, 4.69) is 47.1 Å². The molecule has 2 unspecified atom stereocenters. The van der Waals surface area contributed by atoms with E-state index in [0.717, 1.165) is 21.7 Å². The van der Waals surface area contributed by atoms with Crippen molar-refractivity contribution >= 4 is 39.3 Å². The molecule has 0 spiro atoms. The molecule has 2 nitrogen and oxygen atoms in total. The summed E-state index contributed by atoms with van der Waals surface area (Å²) >= 11 is 11.5. The van der Waals surface area contributed by atoms with Crippen molar-refractivity contribution in [3.63, 3.8) is 0 Å². The van der Waals surface area contributed by atoms with E-state index in [1.807, 2.05) is 23.9 Å². The first-order valence-corrected chi connectivity index (χ1v) is 8.97. The lowest BCUT2D eigenvalue weighted by Gasteiger charge is -2.34. The highest BCUT2D eigenvalue weighted by atomic mass is 79.9. The Kier molecular flexibility index (Phi) is 7.77. The number of hydrogen-bond donors (Lipinski definition) is 1. The third-order valence-corrected chi connectivity index (χ3v) is 5.08. The van der Waals surface area contributed by atoms with Crippen molar-refractivity contribution in [1.82, 2.24) is 4.90 Å². The Morgan fingerprint density at radius 3 is 2.63 bits per heavy atom. The molecule has 108 valence electrons. The molecule has 0 radical (unpaired) electrons. The zero-order valence-corrected chi connectivity index (χ0v) is 14.9. The minimum absolute atomic E-state index is 0.212. The molecule has 0 aliphatic carbocycles. The third-order valence-electron chi connectivity index (χ3n) is 3.44. The van der Waals surface area contributed by atoms with Gasteiger partial charge in [0.1, 0.15) is 0 Å². The smallest absolute Gasteiger partial charge is 0.0481 e. The molecule has 0 bridgehead atoms. The lowest BCUT2D eigenvalue weighted by molar-refractivity contribution is 0.187. The van der Waals surface area contributed by atoms with Crippen LogP contribution in [0.5, 0.6) is 0 Å². The van der Waals surface area contributed by atoms with Crippen LogP contribution in [0.3, 0.4) is 0 Å². The average Bonchev–Trinajstić information content (AvgIpc) is 2.39. The van der Waals surface area contributed by atoms with Gasteiger partial charge in [0.2, 0.25) is 0 Å². The van der Waals surface area contributed by atoms with Crippen molar-refractivity contribution in [3.05, 3.63) is 33.3 Å². The van der Waals surface area contributed by atoms with Crippen LogP contribution in [0.25, 0.3) is 0 Å². The molecule has 0 aromatic heterocycles. The number of likely N-dealkylation sites (N-methyl/N-ethyl adjacent to an activating group) is 1. The van der Waals surface area contributed by atoms with Crippen LogP contribution in [0, 0.1) is 0 Å². The van der Waals surface area contributed by atoms with Crippen LogP contribution in [-0.2, 0) is 0 Å². The average molecular weight is 366 g/mol. The van der Waals surface area contributed by atoms with Gasteiger partial charge < -0.3 is 5.73 Å². The second-order valence-corrected chi connectivity index (χ2v) is 6.80. The largest absolute Gasteiger partial charge is 0.329 e. The van der Waals surface area contributed by atoms with E-state index >= 15 is 0 Å². The van der Waals surface area contributed by atoms with Crippen molar-refractivity contribution in [2.24, 2.45) is 5.73 Å². The van der Waals surface area contributed by atoms with Gasteiger partial charge in [-0.1, -0.05) is 40.5 Å². The first-order chi connectivity index (χ1) is 9.04. The predicted molar refractivity (Wildman–Crippen MR) is 91.2 cm³/mol. The van der Waals surface area contributed by atoms with E-state index in [1.54, 1.807) is 0 Å². The van der Waals surface area contributed by atoms with Crippen molar-refractivity contribution in [2.75, 3.05) is 25.6 Å². The first-order valence-electron chi connectivity index (χ1n) is 6.41. The highest BCUT2D eigenvalue weighted by Crippen LogP contribution is 2.30. The summed E-state index contributed by atoms with van der Waals surface area (Å²) in [7, 11) is 2.16. The summed E-state index contributed by atoms with van der Waals surface area (Å²) in [4.78, 5) is 2.38. The lowest BCUT2D eigenvalue weighted by Crippen LogP contribution is -2.39. The molecule has 0 aliphatic heterocycles. The van der Waals surface area contributed by atoms with Gasteiger partial charge >= 0.3 is 0 Å². The van der Waals surface area contributed by atoms with Gasteiger partial charge in [-0.15, -0.1) is 0 Å². The minimum Gasteiger partial charge on any atom is -0.329 e. The molecule has 0 saturated carbocycles. The number of rotatable bonds is 7. The number of benzene rings is 1. The molecule has 19 heavy (non-hydrogen) atoms. The molecule has 2 atom stereocenters. The van der Waals surface area contributed by atoms with Crippen LogP contribution in [0.2, 0.25) is 5.02 Å². The zero-order valence-electron chi connectivity index (χ0n) is 11.7. The predicted octanol–water partition coefficient (Wildman–Crippen LogP) is 4.18. The fraction of sp³-hybridized carbons (Fsp3) is 0.571. The number of nitrogens with zero attached hydrogens (tertiary/aromatic N) is 1. The minimum atomic E-state index is 0.212. The van der Waals surface area contributed by atoms with Crippen LogP contribution >= 0.6 is 39.3 Å². The highest BCUT2D eigenvalue weighted by Gasteiger charge is 2.23. The van der Waals surface area contributed by atoms with E-state index in [-0.39, 0.29) is 6.04 Å². The van der Waals surface area contributed by atoms with Crippen molar-refractivity contribution < 1.29 is 0 Å². The van der Waals surface area contributed by atoms with Crippen LogP contribution in [0.1, 0.15) is 24.9 Å². The molecular formula is C14H22BrClN2S. The summed E-state index contributed by atoms with van der Waals surface area (Å²) in [5, 5.41) is 0.741. The van der Waals surface area contributed by atoms with Crippen LogP contribution in [0.15, 0.2) is 22.7 Å². The van der Waals surface area contributed by atoms with Gasteiger partial charge in [0, 0.05) is 33.9 Å². The molecule has 1 rings (SSSR count). The highest BCUT2D eigenvalue weighted by molar-refractivity contribution is 9.10. The number of halogens is 2. The third kappa shape index (κ3) is 4.64. The Hall–Kier alpha value is 0.260. The Balaban J connectivity index is 2.98. The summed E-state index contributed by atoms with van der Waals surface area (Å²) in [6.45, 7) is 2.82. The molecule has 2 N–H and O–H groups in total. The number of nitrogens with two attached hydrogens (primary N) is 1. The summed E-state index contributed by atoms with van der Waals surface area (Å²) in [6, 6.07) is 6.66. The van der Waals surface area contributed by atoms with Gasteiger partial charge in [0.05, 0.1) is 0 Å². The molecular weight excluding hydrogens is 344 g/mol. The molecule has 0 heterocycles. The van der Waals surface area contributed by atoms with Gasteiger partial charge in [-0.3, -0.25) is 4.90 Å². The molecule has 5 heteroatoms. The van der Waals surface area contributed by atoms with Gasteiger partial charge in [-0.25, -0.2) is 0 Å². The molecule has 1 aromatic rings. The number of hydrogen-bond acceptors (Lipinski definition) is 3. The summed E-state index contributed by atoms with van der Waals surface area (Å²) in [6.07, 6.45) is 3.27. The van der Waals surface area contributed by atoms with E-state index < -0.39 is 0 Å². The molecule has 0 saturated heterocycles. The van der Waals surface area contributed by atoms with Gasteiger partial charge in [-0.05, 0) is 37.4 Å². The molecule has 0 aliphatic rings. The van der Waals surface area contributed by atoms with Gasteiger partial charge in [-0.2, -0.15) is 11.8 Å². The van der Waals surface area contributed by atoms with Gasteiger partial charge in [0.25, 0.3) is 0 Å². The molecule has 0 amide bonds. The summed E-state index contributed by atoms with van der Waals surface area (Å²) < 4.78 is 1.03. The number of thioether (sulfide) groups is 1. The topological polar surface area (TPSA) is 29.3 Å². The van der Waals surface area contributed by atoms with E-state index in [4.69, 9.17) is 17.3 Å². The Bertz CT molecular complexity index is 403. The van der Waals surface area contributed by atoms with Crippen LogP contribution in [0.4, 0.5) is 0 Å². The summed E-state index contributed by atoms with van der Waals surface area (Å²) in [5.74, 6) is 1.12.